The van der Waals surface area contributed by atoms with Gasteiger partial charge in [0.2, 0.25) is 5.78 Å². The first-order valence-corrected chi connectivity index (χ1v) is 9.52. The Bertz CT molecular complexity index is 1190. The van der Waals surface area contributed by atoms with Gasteiger partial charge in [-0.15, -0.1) is 0 Å². The molecule has 0 fully saturated rings. The van der Waals surface area contributed by atoms with Gasteiger partial charge >= 0.3 is 5.97 Å². The zero-order chi connectivity index (χ0) is 22.0. The standard InChI is InChI=1S/C23H19N5O3/c1-26-19-10-6-7-11-20(19)27(2)22(26)18(12-24)21(29)15-31-23(30)16-13-25-28(14-16)17-8-4-3-5-9-17/h3-11,13-14H,15H2,1-2H3. The second kappa shape index (κ2) is 8.16. The first kappa shape index (κ1) is 19.9. The van der Waals surface area contributed by atoms with Crippen LogP contribution in [-0.4, -0.2) is 42.2 Å². The van der Waals surface area contributed by atoms with Gasteiger partial charge in [0.25, 0.3) is 0 Å². The van der Waals surface area contributed by atoms with E-state index >= 15 is 0 Å². The molecule has 3 aromatic rings. The third kappa shape index (κ3) is 3.65. The van der Waals surface area contributed by atoms with Gasteiger partial charge in [0.1, 0.15) is 17.5 Å². The second-order valence-corrected chi connectivity index (χ2v) is 6.93. The Hall–Kier alpha value is -4.38. The summed E-state index contributed by atoms with van der Waals surface area (Å²) in [5, 5.41) is 13.8. The molecule has 1 aliphatic rings. The van der Waals surface area contributed by atoms with Crippen LogP contribution in [0.4, 0.5) is 11.4 Å². The van der Waals surface area contributed by atoms with Gasteiger partial charge in [-0.2, -0.15) is 10.4 Å². The molecule has 154 valence electrons. The number of ketones is 1. The predicted octanol–water partition coefficient (Wildman–Crippen LogP) is 2.92. The number of ether oxygens (including phenoxy) is 1. The average Bonchev–Trinajstić information content (AvgIpc) is 3.39. The van der Waals surface area contributed by atoms with Gasteiger partial charge in [0.05, 0.1) is 28.8 Å². The van der Waals surface area contributed by atoms with E-state index in [-0.39, 0.29) is 11.1 Å². The minimum Gasteiger partial charge on any atom is -0.454 e. The summed E-state index contributed by atoms with van der Waals surface area (Å²) in [5.41, 5.74) is 2.69. The number of aromatic nitrogens is 2. The number of fused-ring (bicyclic) bond motifs is 1. The van der Waals surface area contributed by atoms with Crippen molar-refractivity contribution in [2.45, 2.75) is 0 Å². The molecule has 8 nitrogen and oxygen atoms in total. The van der Waals surface area contributed by atoms with E-state index in [1.807, 2.05) is 60.7 Å². The Kier molecular flexibility index (Phi) is 5.24. The molecular weight excluding hydrogens is 394 g/mol. The normalized spacial score (nSPS) is 12.4. The smallest absolute Gasteiger partial charge is 0.341 e. The van der Waals surface area contributed by atoms with Gasteiger partial charge < -0.3 is 14.5 Å². The first-order chi connectivity index (χ1) is 15.0. The molecule has 31 heavy (non-hydrogen) atoms. The minimum atomic E-state index is -0.686. The first-order valence-electron chi connectivity index (χ1n) is 9.52. The fraction of sp³-hybridized carbons (Fsp3) is 0.130. The summed E-state index contributed by atoms with van der Waals surface area (Å²) in [4.78, 5) is 28.7. The molecule has 4 rings (SSSR count). The zero-order valence-corrected chi connectivity index (χ0v) is 17.0. The van der Waals surface area contributed by atoms with E-state index in [0.717, 1.165) is 17.1 Å². The topological polar surface area (TPSA) is 91.5 Å². The molecule has 0 spiro atoms. The Balaban J connectivity index is 1.48. The molecule has 0 radical (unpaired) electrons. The van der Waals surface area contributed by atoms with Crippen LogP contribution in [0.1, 0.15) is 10.4 Å². The van der Waals surface area contributed by atoms with Gasteiger partial charge in [-0.3, -0.25) is 4.79 Å². The molecule has 2 aromatic carbocycles. The molecule has 0 unspecified atom stereocenters. The van der Waals surface area contributed by atoms with Crippen molar-refractivity contribution in [2.24, 2.45) is 0 Å². The molecule has 0 amide bonds. The van der Waals surface area contributed by atoms with Crippen molar-refractivity contribution in [1.82, 2.24) is 9.78 Å². The van der Waals surface area contributed by atoms with E-state index in [1.54, 1.807) is 28.6 Å². The number of anilines is 2. The van der Waals surface area contributed by atoms with Crippen LogP contribution in [0.5, 0.6) is 0 Å². The van der Waals surface area contributed by atoms with E-state index in [2.05, 4.69) is 5.10 Å². The van der Waals surface area contributed by atoms with Crippen molar-refractivity contribution in [3.8, 4) is 11.8 Å². The van der Waals surface area contributed by atoms with E-state index < -0.39 is 18.4 Å². The molecule has 0 bridgehead atoms. The average molecular weight is 413 g/mol. The molecular formula is C23H19N5O3. The Morgan fingerprint density at radius 1 is 1.00 bits per heavy atom. The van der Waals surface area contributed by atoms with Crippen LogP contribution in [0.2, 0.25) is 0 Å². The highest BCUT2D eigenvalue weighted by atomic mass is 16.5. The number of benzene rings is 2. The third-order valence-corrected chi connectivity index (χ3v) is 5.03. The number of hydrogen-bond acceptors (Lipinski definition) is 7. The molecule has 0 atom stereocenters. The van der Waals surface area contributed by atoms with Crippen LogP contribution in [0, 0.1) is 11.3 Å². The monoisotopic (exact) mass is 413 g/mol. The summed E-state index contributed by atoms with van der Waals surface area (Å²) in [6, 6.07) is 18.9. The van der Waals surface area contributed by atoms with Crippen molar-refractivity contribution >= 4 is 23.1 Å². The molecule has 0 aliphatic carbocycles. The third-order valence-electron chi connectivity index (χ3n) is 5.03. The van der Waals surface area contributed by atoms with E-state index in [1.165, 1.54) is 12.4 Å². The lowest BCUT2D eigenvalue weighted by Crippen LogP contribution is -2.27. The number of carbonyl (C=O) groups excluding carboxylic acids is 2. The SMILES string of the molecule is CN1C(=C(C#N)C(=O)COC(=O)c2cnn(-c3ccccc3)c2)N(C)c2ccccc21. The number of Topliss-reactive ketones (excluding diaryl/α,β-unsaturated/α-hetero) is 1. The second-order valence-electron chi connectivity index (χ2n) is 6.93. The predicted molar refractivity (Wildman–Crippen MR) is 115 cm³/mol. The lowest BCUT2D eigenvalue weighted by Gasteiger charge is -2.19. The molecule has 0 N–H and O–H groups in total. The van der Waals surface area contributed by atoms with Crippen molar-refractivity contribution in [2.75, 3.05) is 30.5 Å². The lowest BCUT2D eigenvalue weighted by atomic mass is 10.2. The minimum absolute atomic E-state index is 0.0750. The summed E-state index contributed by atoms with van der Waals surface area (Å²) < 4.78 is 6.71. The molecule has 2 heterocycles. The highest BCUT2D eigenvalue weighted by molar-refractivity contribution is 6.04. The Morgan fingerprint density at radius 3 is 2.23 bits per heavy atom. The van der Waals surface area contributed by atoms with Gasteiger partial charge in [-0.25, -0.2) is 9.48 Å². The van der Waals surface area contributed by atoms with Crippen LogP contribution in [0.15, 0.2) is 78.4 Å². The lowest BCUT2D eigenvalue weighted by molar-refractivity contribution is -0.118. The van der Waals surface area contributed by atoms with Crippen LogP contribution in [-0.2, 0) is 9.53 Å². The van der Waals surface area contributed by atoms with Crippen molar-refractivity contribution in [1.29, 1.82) is 5.26 Å². The molecule has 1 aromatic heterocycles. The molecule has 8 heteroatoms. The van der Waals surface area contributed by atoms with Crippen LogP contribution < -0.4 is 9.80 Å². The summed E-state index contributed by atoms with van der Waals surface area (Å²) in [6.07, 6.45) is 2.90. The van der Waals surface area contributed by atoms with E-state index in [9.17, 15) is 14.9 Å². The maximum absolute atomic E-state index is 12.7. The summed E-state index contributed by atoms with van der Waals surface area (Å²) >= 11 is 0. The zero-order valence-electron chi connectivity index (χ0n) is 17.0. The van der Waals surface area contributed by atoms with Gasteiger partial charge in [-0.1, -0.05) is 30.3 Å². The molecule has 0 saturated heterocycles. The highest BCUT2D eigenvalue weighted by Gasteiger charge is 2.31. The fourth-order valence-electron chi connectivity index (χ4n) is 3.49. The number of hydrogen-bond donors (Lipinski definition) is 0. The molecule has 1 aliphatic heterocycles. The number of para-hydroxylation sites is 3. The van der Waals surface area contributed by atoms with Gasteiger partial charge in [0.15, 0.2) is 6.61 Å². The summed E-state index contributed by atoms with van der Waals surface area (Å²) in [7, 11) is 3.57. The summed E-state index contributed by atoms with van der Waals surface area (Å²) in [6.45, 7) is -0.542. The number of carbonyl (C=O) groups is 2. The number of rotatable bonds is 5. The maximum atomic E-state index is 12.7. The Labute approximate surface area is 179 Å². The van der Waals surface area contributed by atoms with Gasteiger partial charge in [0, 0.05) is 20.3 Å². The maximum Gasteiger partial charge on any atom is 0.341 e. The fourth-order valence-corrected chi connectivity index (χ4v) is 3.49. The molecule has 0 saturated carbocycles. The summed E-state index contributed by atoms with van der Waals surface area (Å²) in [5.74, 6) is -0.816. The van der Waals surface area contributed by atoms with Crippen molar-refractivity contribution in [3.63, 3.8) is 0 Å². The van der Waals surface area contributed by atoms with E-state index in [4.69, 9.17) is 4.74 Å². The number of esters is 1. The Morgan fingerprint density at radius 2 is 1.61 bits per heavy atom. The number of nitriles is 1. The van der Waals surface area contributed by atoms with Crippen molar-refractivity contribution < 1.29 is 14.3 Å². The van der Waals surface area contributed by atoms with Gasteiger partial charge in [-0.05, 0) is 24.3 Å². The van der Waals surface area contributed by atoms with Crippen LogP contribution in [0.3, 0.4) is 0 Å². The largest absolute Gasteiger partial charge is 0.454 e. The highest BCUT2D eigenvalue weighted by Crippen LogP contribution is 2.40. The van der Waals surface area contributed by atoms with Crippen molar-refractivity contribution in [3.05, 3.63) is 83.9 Å². The number of nitrogens with zero attached hydrogens (tertiary/aromatic N) is 5. The quantitative estimate of drug-likeness (QED) is 0.361. The van der Waals surface area contributed by atoms with Crippen LogP contribution in [0.25, 0.3) is 5.69 Å². The van der Waals surface area contributed by atoms with Crippen LogP contribution >= 0.6 is 0 Å². The van der Waals surface area contributed by atoms with E-state index in [0.29, 0.717) is 5.82 Å².